The number of amides is 9. The van der Waals surface area contributed by atoms with Crippen LogP contribution in [0.3, 0.4) is 0 Å². The van der Waals surface area contributed by atoms with Gasteiger partial charge < -0.3 is 78.2 Å². The fraction of sp³-hybridized carbons (Fsp3) is 0.635. The molecule has 2 aromatic rings. The van der Waals surface area contributed by atoms with Crippen LogP contribution in [0.15, 0.2) is 30.5 Å². The van der Waals surface area contributed by atoms with Crippen molar-refractivity contribution in [3.63, 3.8) is 0 Å². The standard InChI is InChI=1S/C52H79N11O15S2/c1-27(2)23-37(59-44(69)32(53)24-30-25-54-33-12-8-7-11-31(30)33)46(71)60-38(26-64)47(72)61-42(29(4)65)51(76)63-20-10-14-40(63)49(74)57-35(15-16-41(66)67)50(75)62-19-9-13-39(62)48(73)56-34(17-21-79-5)45(70)55-28(3)43(68)58-36(52(77)78)18-22-80-6/h7-8,11-12,25,27-29,32,34-40,42,54,64-65H,9-10,13-24,26,53H2,1-6H3,(H,55,70)(H,56,73)(H,57,74)(H,58,68)(H,59,69)(H,60,71)(H,61,72)(H,66,67)(H,77,78)/t28-,29+,32-,34-,35-,36-,37-,38-,39-,40-,42-/m0/s1. The summed E-state index contributed by atoms with van der Waals surface area (Å²) < 4.78 is 0. The Kier molecular flexibility index (Phi) is 26.5. The first kappa shape index (κ1) is 66.0. The third-order valence-corrected chi connectivity index (χ3v) is 15.1. The minimum absolute atomic E-state index is 0.0172. The van der Waals surface area contributed by atoms with Crippen molar-refractivity contribution in [2.24, 2.45) is 11.7 Å². The van der Waals surface area contributed by atoms with Crippen LogP contribution in [-0.4, -0.2) is 211 Å². The lowest BCUT2D eigenvalue weighted by Crippen LogP contribution is -2.62. The summed E-state index contributed by atoms with van der Waals surface area (Å²) in [5, 5.41) is 58.9. The number of H-pyrrole nitrogens is 1. The summed E-state index contributed by atoms with van der Waals surface area (Å²) in [6.45, 7) is 5.17. The second-order valence-electron chi connectivity index (χ2n) is 20.5. The topological polar surface area (TPSA) is 401 Å². The maximum atomic E-state index is 14.3. The largest absolute Gasteiger partial charge is 0.481 e. The number of thioether (sulfide) groups is 2. The van der Waals surface area contributed by atoms with Crippen molar-refractivity contribution in [2.75, 3.05) is 43.7 Å². The molecule has 14 N–H and O–H groups in total. The molecule has 80 heavy (non-hydrogen) atoms. The SMILES string of the molecule is CSCC[C@H](NC(=O)[C@H](C)NC(=O)[C@H](CCSC)NC(=O)[C@@H]1CCCN1C(=O)[C@H](CCC(=O)O)NC(=O)[C@@H]1CCCN1C(=O)[C@@H](NC(=O)[C@H](CO)NC(=O)[C@H](CC(C)C)NC(=O)[C@@H](N)Cc1c[nH]c2ccccc12)[C@@H](C)O)C(=O)O. The minimum Gasteiger partial charge on any atom is -0.481 e. The average Bonchev–Trinajstić information content (AvgIpc) is 4.21. The van der Waals surface area contributed by atoms with E-state index in [9.17, 15) is 73.2 Å². The van der Waals surface area contributed by atoms with Gasteiger partial charge in [-0.05, 0) is 113 Å². The smallest absolute Gasteiger partial charge is 0.326 e. The van der Waals surface area contributed by atoms with Crippen molar-refractivity contribution in [2.45, 2.75) is 158 Å². The van der Waals surface area contributed by atoms with Gasteiger partial charge in [0, 0.05) is 36.6 Å². The molecule has 3 heterocycles. The molecule has 9 amide bonds. The van der Waals surface area contributed by atoms with Crippen molar-refractivity contribution in [3.05, 3.63) is 36.0 Å². The summed E-state index contributed by atoms with van der Waals surface area (Å²) >= 11 is 2.77. The van der Waals surface area contributed by atoms with Crippen LogP contribution < -0.4 is 43.0 Å². The molecule has 0 unspecified atom stereocenters. The first-order valence-corrected chi connectivity index (χ1v) is 29.5. The third kappa shape index (κ3) is 19.1. The molecule has 0 saturated carbocycles. The van der Waals surface area contributed by atoms with Gasteiger partial charge in [0.05, 0.1) is 18.8 Å². The molecule has 1 aromatic heterocycles. The third-order valence-electron chi connectivity index (χ3n) is 13.8. The van der Waals surface area contributed by atoms with Gasteiger partial charge in [-0.3, -0.25) is 47.9 Å². The average molecular weight is 1160 g/mol. The van der Waals surface area contributed by atoms with E-state index in [1.807, 2.05) is 24.3 Å². The zero-order chi connectivity index (χ0) is 59.4. The number of aliphatic hydroxyl groups is 2. The van der Waals surface area contributed by atoms with Crippen molar-refractivity contribution in [1.82, 2.24) is 52.0 Å². The number of aliphatic carboxylic acids is 2. The Bertz CT molecular complexity index is 2520. The molecule has 2 aliphatic heterocycles. The molecule has 2 aliphatic rings. The Hall–Kier alpha value is -6.49. The number of rotatable bonds is 32. The molecular weight excluding hydrogens is 1080 g/mol. The summed E-state index contributed by atoms with van der Waals surface area (Å²) in [4.78, 5) is 153. The van der Waals surface area contributed by atoms with E-state index in [1.165, 1.54) is 42.3 Å². The van der Waals surface area contributed by atoms with Crippen LogP contribution in [0, 0.1) is 5.92 Å². The number of para-hydroxylation sites is 1. The van der Waals surface area contributed by atoms with Crippen LogP contribution in [0.1, 0.15) is 91.0 Å². The number of nitrogens with two attached hydrogens (primary N) is 1. The number of aromatic amines is 1. The Balaban J connectivity index is 1.43. The van der Waals surface area contributed by atoms with E-state index < -0.39 is 151 Å². The van der Waals surface area contributed by atoms with E-state index in [0.29, 0.717) is 17.9 Å². The van der Waals surface area contributed by atoms with Crippen LogP contribution in [0.2, 0.25) is 0 Å². The number of carbonyl (C=O) groups is 11. The van der Waals surface area contributed by atoms with Gasteiger partial charge in [0.1, 0.15) is 54.4 Å². The Morgan fingerprint density at radius 1 is 0.662 bits per heavy atom. The van der Waals surface area contributed by atoms with Gasteiger partial charge in [-0.1, -0.05) is 32.0 Å². The molecule has 444 valence electrons. The fourth-order valence-electron chi connectivity index (χ4n) is 9.44. The highest BCUT2D eigenvalue weighted by atomic mass is 32.2. The summed E-state index contributed by atoms with van der Waals surface area (Å²) in [5.41, 5.74) is 7.93. The molecule has 2 fully saturated rings. The number of carboxylic acid groups (broad SMARTS) is 2. The lowest BCUT2D eigenvalue weighted by Gasteiger charge is -2.33. The monoisotopic (exact) mass is 1160 g/mol. The van der Waals surface area contributed by atoms with E-state index >= 15 is 0 Å². The number of aromatic nitrogens is 1. The maximum Gasteiger partial charge on any atom is 0.326 e. The molecule has 0 bridgehead atoms. The van der Waals surface area contributed by atoms with Gasteiger partial charge >= 0.3 is 11.9 Å². The van der Waals surface area contributed by atoms with E-state index in [2.05, 4.69) is 42.2 Å². The number of carboxylic acids is 2. The summed E-state index contributed by atoms with van der Waals surface area (Å²) in [6.07, 6.45) is 3.95. The minimum atomic E-state index is -1.73. The highest BCUT2D eigenvalue weighted by molar-refractivity contribution is 7.98. The van der Waals surface area contributed by atoms with Gasteiger partial charge in [0.25, 0.3) is 0 Å². The molecule has 2 saturated heterocycles. The quantitative estimate of drug-likeness (QED) is 0.0389. The molecular formula is C52H79N11O15S2. The number of hydrogen-bond acceptors (Lipinski definition) is 16. The van der Waals surface area contributed by atoms with Crippen LogP contribution >= 0.6 is 23.5 Å². The first-order valence-electron chi connectivity index (χ1n) is 26.7. The predicted octanol–water partition coefficient (Wildman–Crippen LogP) is -1.69. The van der Waals surface area contributed by atoms with E-state index in [4.69, 9.17) is 5.73 Å². The molecule has 0 aliphatic carbocycles. The van der Waals surface area contributed by atoms with Gasteiger partial charge in [0.2, 0.25) is 53.2 Å². The Morgan fingerprint density at radius 3 is 1.76 bits per heavy atom. The van der Waals surface area contributed by atoms with Gasteiger partial charge in [0.15, 0.2) is 0 Å². The summed E-state index contributed by atoms with van der Waals surface area (Å²) in [5.74, 6) is -9.25. The molecule has 0 spiro atoms. The number of fused-ring (bicyclic) bond motifs is 1. The highest BCUT2D eigenvalue weighted by Gasteiger charge is 2.44. The van der Waals surface area contributed by atoms with Gasteiger partial charge in [-0.15, -0.1) is 0 Å². The fourth-order valence-corrected chi connectivity index (χ4v) is 10.4. The number of aliphatic hydroxyl groups excluding tert-OH is 2. The van der Waals surface area contributed by atoms with E-state index in [0.717, 1.165) is 21.4 Å². The molecule has 4 rings (SSSR count). The number of carbonyl (C=O) groups excluding carboxylic acids is 9. The van der Waals surface area contributed by atoms with Crippen LogP contribution in [0.4, 0.5) is 0 Å². The van der Waals surface area contributed by atoms with Crippen molar-refractivity contribution in [3.8, 4) is 0 Å². The number of hydrogen-bond donors (Lipinski definition) is 13. The number of benzene rings is 1. The van der Waals surface area contributed by atoms with Crippen LogP contribution in [-0.2, 0) is 59.2 Å². The zero-order valence-corrected chi connectivity index (χ0v) is 47.6. The van der Waals surface area contributed by atoms with Crippen LogP contribution in [0.25, 0.3) is 10.9 Å². The zero-order valence-electron chi connectivity index (χ0n) is 46.0. The second kappa shape index (κ2) is 32.1. The second-order valence-corrected chi connectivity index (χ2v) is 22.4. The molecule has 0 radical (unpaired) electrons. The van der Waals surface area contributed by atoms with Crippen molar-refractivity contribution in [1.29, 1.82) is 0 Å². The normalized spacial score (nSPS) is 18.6. The maximum absolute atomic E-state index is 14.3. The van der Waals surface area contributed by atoms with E-state index in [1.54, 1.807) is 32.6 Å². The molecule has 28 heteroatoms. The van der Waals surface area contributed by atoms with Gasteiger partial charge in [-0.2, -0.15) is 23.5 Å². The number of likely N-dealkylation sites (tertiary alicyclic amines) is 2. The molecule has 26 nitrogen and oxygen atoms in total. The summed E-state index contributed by atoms with van der Waals surface area (Å²) in [7, 11) is 0. The van der Waals surface area contributed by atoms with Gasteiger partial charge in [-0.25, -0.2) is 4.79 Å². The molecule has 11 atom stereocenters. The first-order chi connectivity index (χ1) is 37.9. The van der Waals surface area contributed by atoms with E-state index in [-0.39, 0.29) is 64.0 Å². The lowest BCUT2D eigenvalue weighted by molar-refractivity contribution is -0.146. The number of nitrogens with one attached hydrogen (secondary N) is 8. The van der Waals surface area contributed by atoms with Crippen molar-refractivity contribution < 1.29 is 73.2 Å². The van der Waals surface area contributed by atoms with Crippen LogP contribution in [0.5, 0.6) is 0 Å². The lowest BCUT2D eigenvalue weighted by atomic mass is 10.0. The number of nitrogens with zero attached hydrogens (tertiary/aromatic N) is 2. The molecule has 1 aromatic carbocycles. The van der Waals surface area contributed by atoms with Crippen molar-refractivity contribution >= 4 is 99.5 Å². The Morgan fingerprint density at radius 2 is 1.20 bits per heavy atom. The summed E-state index contributed by atoms with van der Waals surface area (Å²) in [6, 6.07) is -5.79. The highest BCUT2D eigenvalue weighted by Crippen LogP contribution is 2.24. The predicted molar refractivity (Wildman–Crippen MR) is 297 cm³/mol. The Labute approximate surface area is 472 Å².